The molecule has 1 aromatic heterocycles. The van der Waals surface area contributed by atoms with Gasteiger partial charge in [0.1, 0.15) is 11.0 Å². The van der Waals surface area contributed by atoms with Crippen molar-refractivity contribution in [2.75, 3.05) is 18.8 Å². The number of nitrogens with two attached hydrogens (primary N) is 1. The minimum absolute atomic E-state index is 0.00167. The molecule has 20 heavy (non-hydrogen) atoms. The molecular formula is C15H22ClN3O. The van der Waals surface area contributed by atoms with Crippen LogP contribution in [0.3, 0.4) is 0 Å². The summed E-state index contributed by atoms with van der Waals surface area (Å²) in [7, 11) is 0. The van der Waals surface area contributed by atoms with E-state index in [1.807, 2.05) is 4.90 Å². The van der Waals surface area contributed by atoms with Crippen molar-refractivity contribution in [3.63, 3.8) is 0 Å². The zero-order valence-electron chi connectivity index (χ0n) is 12.2. The van der Waals surface area contributed by atoms with Gasteiger partial charge in [0.25, 0.3) is 5.91 Å². The highest BCUT2D eigenvalue weighted by Crippen LogP contribution is 2.38. The van der Waals surface area contributed by atoms with Crippen LogP contribution in [0.25, 0.3) is 0 Å². The summed E-state index contributed by atoms with van der Waals surface area (Å²) >= 11 is 5.86. The average Bonchev–Trinajstić information content (AvgIpc) is 2.45. The van der Waals surface area contributed by atoms with E-state index in [1.54, 1.807) is 12.1 Å². The van der Waals surface area contributed by atoms with Gasteiger partial charge >= 0.3 is 0 Å². The second-order valence-electron chi connectivity index (χ2n) is 5.60. The molecule has 0 bridgehead atoms. The first-order valence-corrected chi connectivity index (χ1v) is 7.60. The van der Waals surface area contributed by atoms with Crippen LogP contribution in [0.2, 0.25) is 5.15 Å². The predicted octanol–water partition coefficient (Wildman–Crippen LogP) is 3.36. The minimum atomic E-state index is 0.00167. The maximum Gasteiger partial charge on any atom is 0.254 e. The van der Waals surface area contributed by atoms with Crippen LogP contribution < -0.4 is 5.73 Å². The van der Waals surface area contributed by atoms with Crippen LogP contribution in [0.5, 0.6) is 0 Å². The van der Waals surface area contributed by atoms with E-state index in [4.69, 9.17) is 17.3 Å². The Balaban J connectivity index is 2.08. The molecule has 1 aromatic rings. The van der Waals surface area contributed by atoms with E-state index in [0.29, 0.717) is 11.0 Å². The molecule has 2 rings (SSSR count). The van der Waals surface area contributed by atoms with Crippen LogP contribution >= 0.6 is 11.6 Å². The van der Waals surface area contributed by atoms with Crippen LogP contribution in [0.1, 0.15) is 49.9 Å². The van der Waals surface area contributed by atoms with Crippen molar-refractivity contribution in [1.29, 1.82) is 0 Å². The monoisotopic (exact) mass is 295 g/mol. The van der Waals surface area contributed by atoms with E-state index in [1.165, 1.54) is 12.8 Å². The van der Waals surface area contributed by atoms with Crippen molar-refractivity contribution in [1.82, 2.24) is 9.88 Å². The third-order valence-electron chi connectivity index (χ3n) is 4.67. The molecule has 110 valence electrons. The lowest BCUT2D eigenvalue weighted by molar-refractivity contribution is 0.0557. The molecule has 1 aliphatic heterocycles. The highest BCUT2D eigenvalue weighted by atomic mass is 35.5. The van der Waals surface area contributed by atoms with Gasteiger partial charge in [0, 0.05) is 18.7 Å². The molecule has 0 aromatic carbocycles. The molecule has 1 aliphatic rings. The third-order valence-corrected chi connectivity index (χ3v) is 4.87. The molecule has 2 heterocycles. The van der Waals surface area contributed by atoms with Gasteiger partial charge in [-0.25, -0.2) is 4.98 Å². The zero-order valence-corrected chi connectivity index (χ0v) is 12.9. The van der Waals surface area contributed by atoms with E-state index in [-0.39, 0.29) is 16.9 Å². The van der Waals surface area contributed by atoms with Crippen molar-refractivity contribution >= 4 is 23.3 Å². The van der Waals surface area contributed by atoms with E-state index >= 15 is 0 Å². The number of rotatable bonds is 3. The number of likely N-dealkylation sites (tertiary alicyclic amines) is 1. The molecule has 0 radical (unpaired) electrons. The lowest BCUT2D eigenvalue weighted by atomic mass is 9.74. The summed E-state index contributed by atoms with van der Waals surface area (Å²) in [6.45, 7) is 6.09. The molecule has 0 aliphatic carbocycles. The lowest BCUT2D eigenvalue weighted by Crippen LogP contribution is -2.42. The van der Waals surface area contributed by atoms with Crippen molar-refractivity contribution in [3.05, 3.63) is 22.8 Å². The summed E-state index contributed by atoms with van der Waals surface area (Å²) in [5.74, 6) is 0.288. The largest absolute Gasteiger partial charge is 0.384 e. The molecule has 5 heteroatoms. The Morgan fingerprint density at radius 1 is 1.35 bits per heavy atom. The van der Waals surface area contributed by atoms with Gasteiger partial charge in [-0.05, 0) is 30.4 Å². The smallest absolute Gasteiger partial charge is 0.254 e. The summed E-state index contributed by atoms with van der Waals surface area (Å²) in [6.07, 6.45) is 4.50. The van der Waals surface area contributed by atoms with Crippen LogP contribution in [-0.4, -0.2) is 28.9 Å². The van der Waals surface area contributed by atoms with Gasteiger partial charge in [0.2, 0.25) is 0 Å². The standard InChI is InChI=1S/C15H22ClN3O/c1-3-15(4-2)5-7-19(8-6-15)14(20)11-9-12(16)18-13(17)10-11/h9-10H,3-8H2,1-2H3,(H2,17,18). The van der Waals surface area contributed by atoms with E-state index in [9.17, 15) is 4.79 Å². The van der Waals surface area contributed by atoms with Crippen molar-refractivity contribution in [3.8, 4) is 0 Å². The molecule has 1 saturated heterocycles. The number of aromatic nitrogens is 1. The molecule has 0 unspecified atom stereocenters. The number of amides is 1. The van der Waals surface area contributed by atoms with Gasteiger partial charge in [0.05, 0.1) is 0 Å². The summed E-state index contributed by atoms with van der Waals surface area (Å²) in [5.41, 5.74) is 6.59. The number of hydrogen-bond acceptors (Lipinski definition) is 3. The van der Waals surface area contributed by atoms with Crippen molar-refractivity contribution in [2.45, 2.75) is 39.5 Å². The third kappa shape index (κ3) is 3.06. The van der Waals surface area contributed by atoms with Gasteiger partial charge in [0.15, 0.2) is 0 Å². The van der Waals surface area contributed by atoms with Gasteiger partial charge in [-0.2, -0.15) is 0 Å². The summed E-state index contributed by atoms with van der Waals surface area (Å²) in [6, 6.07) is 3.18. The first-order valence-electron chi connectivity index (χ1n) is 7.22. The second kappa shape index (κ2) is 6.00. The van der Waals surface area contributed by atoms with E-state index in [0.717, 1.165) is 25.9 Å². The number of carbonyl (C=O) groups excluding carboxylic acids is 1. The average molecular weight is 296 g/mol. The van der Waals surface area contributed by atoms with Gasteiger partial charge in [-0.15, -0.1) is 0 Å². The highest BCUT2D eigenvalue weighted by Gasteiger charge is 2.33. The number of pyridine rings is 1. The van der Waals surface area contributed by atoms with Gasteiger partial charge < -0.3 is 10.6 Å². The number of nitrogen functional groups attached to an aromatic ring is 1. The molecule has 0 atom stereocenters. The molecular weight excluding hydrogens is 274 g/mol. The Kier molecular flexibility index (Phi) is 4.53. The zero-order chi connectivity index (χ0) is 14.8. The van der Waals surface area contributed by atoms with Crippen LogP contribution in [0, 0.1) is 5.41 Å². The first-order chi connectivity index (χ1) is 9.49. The summed E-state index contributed by atoms with van der Waals surface area (Å²) < 4.78 is 0. The van der Waals surface area contributed by atoms with Gasteiger partial charge in [-0.3, -0.25) is 4.79 Å². The minimum Gasteiger partial charge on any atom is -0.384 e. The molecule has 0 spiro atoms. The maximum absolute atomic E-state index is 12.5. The normalized spacial score (nSPS) is 18.1. The molecule has 0 saturated carbocycles. The van der Waals surface area contributed by atoms with E-state index in [2.05, 4.69) is 18.8 Å². The first kappa shape index (κ1) is 15.1. The molecule has 1 fully saturated rings. The molecule has 1 amide bonds. The number of hydrogen-bond donors (Lipinski definition) is 1. The van der Waals surface area contributed by atoms with Crippen molar-refractivity contribution < 1.29 is 4.79 Å². The van der Waals surface area contributed by atoms with Crippen LogP contribution in [0.15, 0.2) is 12.1 Å². The lowest BCUT2D eigenvalue weighted by Gasteiger charge is -2.41. The number of nitrogens with zero attached hydrogens (tertiary/aromatic N) is 2. The Labute approximate surface area is 125 Å². The Morgan fingerprint density at radius 3 is 2.45 bits per heavy atom. The van der Waals surface area contributed by atoms with Crippen molar-refractivity contribution in [2.24, 2.45) is 5.41 Å². The fraction of sp³-hybridized carbons (Fsp3) is 0.600. The number of halogens is 1. The number of piperidine rings is 1. The maximum atomic E-state index is 12.5. The van der Waals surface area contributed by atoms with Gasteiger partial charge in [-0.1, -0.05) is 38.3 Å². The fourth-order valence-corrected chi connectivity index (χ4v) is 3.18. The van der Waals surface area contributed by atoms with Crippen LogP contribution in [0.4, 0.5) is 5.82 Å². The molecule has 2 N–H and O–H groups in total. The SMILES string of the molecule is CCC1(CC)CCN(C(=O)c2cc(N)nc(Cl)c2)CC1. The second-order valence-corrected chi connectivity index (χ2v) is 5.99. The Bertz CT molecular complexity index is 470. The molecule has 4 nitrogen and oxygen atoms in total. The topological polar surface area (TPSA) is 59.2 Å². The predicted molar refractivity (Wildman–Crippen MR) is 81.8 cm³/mol. The summed E-state index contributed by atoms with van der Waals surface area (Å²) in [5, 5.41) is 0.266. The van der Waals surface area contributed by atoms with E-state index < -0.39 is 0 Å². The number of anilines is 1. The van der Waals surface area contributed by atoms with Crippen LogP contribution in [-0.2, 0) is 0 Å². The number of carbonyl (C=O) groups is 1. The Hall–Kier alpha value is -1.29. The Morgan fingerprint density at radius 2 is 1.95 bits per heavy atom. The fourth-order valence-electron chi connectivity index (χ4n) is 2.96. The summed E-state index contributed by atoms with van der Waals surface area (Å²) in [4.78, 5) is 18.3. The highest BCUT2D eigenvalue weighted by molar-refractivity contribution is 6.29. The quantitative estimate of drug-likeness (QED) is 0.870.